The van der Waals surface area contributed by atoms with Crippen molar-refractivity contribution in [2.45, 2.75) is 0 Å². The first-order chi connectivity index (χ1) is 15.6. The minimum Gasteiger partial charge on any atom is -0.454 e. The Balaban J connectivity index is 1.37. The van der Waals surface area contributed by atoms with Gasteiger partial charge in [-0.25, -0.2) is 9.79 Å². The number of hydrogen-bond acceptors (Lipinski definition) is 6. The number of fused-ring (bicyclic) bond motifs is 1. The predicted octanol–water partition coefficient (Wildman–Crippen LogP) is 4.67. The molecule has 3 aromatic carbocycles. The minimum atomic E-state index is -0.567. The first kappa shape index (κ1) is 19.8. The number of hydrogen-bond donors (Lipinski definition) is 1. The van der Waals surface area contributed by atoms with E-state index in [1.807, 2.05) is 0 Å². The number of nitrogens with zero attached hydrogens (tertiary/aromatic N) is 1. The number of carbonyl (C=O) groups is 2. The average molecular weight is 447 g/mol. The van der Waals surface area contributed by atoms with E-state index in [2.05, 4.69) is 10.3 Å². The van der Waals surface area contributed by atoms with Crippen LogP contribution in [0, 0.1) is 0 Å². The lowest BCUT2D eigenvalue weighted by molar-refractivity contribution is -0.129. The number of benzene rings is 3. The van der Waals surface area contributed by atoms with Crippen LogP contribution in [0.3, 0.4) is 0 Å². The summed E-state index contributed by atoms with van der Waals surface area (Å²) in [5.74, 6) is 0.487. The Morgan fingerprint density at radius 1 is 1.00 bits per heavy atom. The van der Waals surface area contributed by atoms with Crippen molar-refractivity contribution in [1.29, 1.82) is 0 Å². The summed E-state index contributed by atoms with van der Waals surface area (Å²) >= 11 is 6.09. The molecule has 3 aromatic rings. The van der Waals surface area contributed by atoms with Crippen molar-refractivity contribution in [1.82, 2.24) is 0 Å². The maximum absolute atomic E-state index is 12.5. The molecule has 0 bridgehead atoms. The van der Waals surface area contributed by atoms with Crippen LogP contribution in [0.5, 0.6) is 11.5 Å². The van der Waals surface area contributed by atoms with Gasteiger partial charge in [0.1, 0.15) is 0 Å². The van der Waals surface area contributed by atoms with Crippen molar-refractivity contribution in [3.8, 4) is 11.5 Å². The molecule has 2 aliphatic heterocycles. The molecule has 0 aromatic heterocycles. The molecular weight excluding hydrogens is 432 g/mol. The minimum absolute atomic E-state index is 0.146. The zero-order valence-electron chi connectivity index (χ0n) is 16.5. The molecule has 0 fully saturated rings. The molecule has 0 spiro atoms. The second kappa shape index (κ2) is 8.20. The van der Waals surface area contributed by atoms with Gasteiger partial charge < -0.3 is 19.5 Å². The third kappa shape index (κ3) is 3.93. The van der Waals surface area contributed by atoms with Gasteiger partial charge >= 0.3 is 5.97 Å². The van der Waals surface area contributed by atoms with Gasteiger partial charge in [0.05, 0.1) is 10.6 Å². The molecule has 2 heterocycles. The van der Waals surface area contributed by atoms with Gasteiger partial charge in [-0.05, 0) is 54.1 Å². The molecule has 0 atom stereocenters. The Hall–Kier alpha value is -4.10. The fraction of sp³-hybridized carbons (Fsp3) is 0.0417. The van der Waals surface area contributed by atoms with Crippen LogP contribution < -0.4 is 14.8 Å². The summed E-state index contributed by atoms with van der Waals surface area (Å²) in [6.07, 6.45) is 1.59. The van der Waals surface area contributed by atoms with Crippen LogP contribution in [0.4, 0.5) is 5.69 Å². The third-order valence-corrected chi connectivity index (χ3v) is 5.14. The summed E-state index contributed by atoms with van der Waals surface area (Å²) in [6, 6.07) is 19.0. The Bertz CT molecular complexity index is 1320. The van der Waals surface area contributed by atoms with Crippen molar-refractivity contribution in [3.05, 3.63) is 94.1 Å². The SMILES string of the molecule is O=C1OC(c2ccc3c(c2)OCO3)=N/C1=C\c1cccc(NC(=O)c2ccccc2Cl)c1. The smallest absolute Gasteiger partial charge is 0.363 e. The number of anilines is 1. The predicted molar refractivity (Wildman–Crippen MR) is 119 cm³/mol. The average Bonchev–Trinajstić information content (AvgIpc) is 3.40. The molecule has 7 nitrogen and oxygen atoms in total. The van der Waals surface area contributed by atoms with Crippen molar-refractivity contribution in [2.75, 3.05) is 12.1 Å². The highest BCUT2D eigenvalue weighted by Gasteiger charge is 2.26. The Morgan fingerprint density at radius 2 is 1.84 bits per heavy atom. The lowest BCUT2D eigenvalue weighted by atomic mass is 10.1. The third-order valence-electron chi connectivity index (χ3n) is 4.81. The van der Waals surface area contributed by atoms with Gasteiger partial charge in [-0.15, -0.1) is 0 Å². The molecule has 1 amide bonds. The summed E-state index contributed by atoms with van der Waals surface area (Å²) < 4.78 is 16.0. The number of esters is 1. The molecule has 0 unspecified atom stereocenters. The first-order valence-corrected chi connectivity index (χ1v) is 10.0. The molecule has 2 aliphatic rings. The lowest BCUT2D eigenvalue weighted by Gasteiger charge is -2.07. The summed E-state index contributed by atoms with van der Waals surface area (Å²) in [4.78, 5) is 29.1. The first-order valence-electron chi connectivity index (χ1n) is 9.65. The van der Waals surface area contributed by atoms with Crippen LogP contribution >= 0.6 is 11.6 Å². The van der Waals surface area contributed by atoms with E-state index in [-0.39, 0.29) is 24.3 Å². The maximum Gasteiger partial charge on any atom is 0.363 e. The number of aliphatic imine (C=N–C) groups is 1. The molecule has 5 rings (SSSR count). The Kier molecular flexibility index (Phi) is 5.09. The molecule has 8 heteroatoms. The highest BCUT2D eigenvalue weighted by Crippen LogP contribution is 2.33. The van der Waals surface area contributed by atoms with Crippen LogP contribution in [-0.4, -0.2) is 24.6 Å². The van der Waals surface area contributed by atoms with Gasteiger partial charge in [0.2, 0.25) is 12.7 Å². The van der Waals surface area contributed by atoms with Crippen LogP contribution in [0.25, 0.3) is 6.08 Å². The highest BCUT2D eigenvalue weighted by atomic mass is 35.5. The number of cyclic esters (lactones) is 1. The number of amides is 1. The van der Waals surface area contributed by atoms with E-state index in [9.17, 15) is 9.59 Å². The van der Waals surface area contributed by atoms with Crippen LogP contribution in [-0.2, 0) is 9.53 Å². The monoisotopic (exact) mass is 446 g/mol. The standard InChI is InChI=1S/C24H15ClN2O5/c25-18-7-2-1-6-17(18)22(28)26-16-5-3-4-14(10-16)11-19-24(29)32-23(27-19)15-8-9-20-21(12-15)31-13-30-20/h1-12H,13H2,(H,26,28)/b19-11-. The van der Waals surface area contributed by atoms with E-state index in [0.717, 1.165) is 0 Å². The topological polar surface area (TPSA) is 86.2 Å². The molecule has 0 saturated carbocycles. The van der Waals surface area contributed by atoms with Crippen LogP contribution in [0.15, 0.2) is 77.4 Å². The molecule has 0 aliphatic carbocycles. The summed E-state index contributed by atoms with van der Waals surface area (Å²) in [5.41, 5.74) is 2.34. The highest BCUT2D eigenvalue weighted by molar-refractivity contribution is 6.34. The van der Waals surface area contributed by atoms with Gasteiger partial charge in [-0.2, -0.15) is 0 Å². The Labute approximate surface area is 187 Å². The number of nitrogens with one attached hydrogen (secondary N) is 1. The van der Waals surface area contributed by atoms with Crippen molar-refractivity contribution < 1.29 is 23.8 Å². The summed E-state index contributed by atoms with van der Waals surface area (Å²) in [7, 11) is 0. The molecule has 158 valence electrons. The van der Waals surface area contributed by atoms with Crippen molar-refractivity contribution >= 4 is 41.1 Å². The molecule has 0 radical (unpaired) electrons. The van der Waals surface area contributed by atoms with E-state index in [1.54, 1.807) is 72.8 Å². The molecule has 0 saturated heterocycles. The number of rotatable bonds is 4. The maximum atomic E-state index is 12.5. The van der Waals surface area contributed by atoms with Gasteiger partial charge in [0.25, 0.3) is 5.91 Å². The summed E-state index contributed by atoms with van der Waals surface area (Å²) in [5, 5.41) is 3.17. The quantitative estimate of drug-likeness (QED) is 0.465. The van der Waals surface area contributed by atoms with Gasteiger partial charge in [0, 0.05) is 11.3 Å². The largest absolute Gasteiger partial charge is 0.454 e. The van der Waals surface area contributed by atoms with Crippen LogP contribution in [0.2, 0.25) is 5.02 Å². The molecular formula is C24H15ClN2O5. The van der Waals surface area contributed by atoms with Gasteiger partial charge in [-0.1, -0.05) is 35.9 Å². The number of ether oxygens (including phenoxy) is 3. The lowest BCUT2D eigenvalue weighted by Crippen LogP contribution is -2.12. The van der Waals surface area contributed by atoms with Crippen LogP contribution in [0.1, 0.15) is 21.5 Å². The normalized spacial score (nSPS) is 15.5. The second-order valence-corrected chi connectivity index (χ2v) is 7.37. The van der Waals surface area contributed by atoms with Gasteiger partial charge in [-0.3, -0.25) is 4.79 Å². The van der Waals surface area contributed by atoms with E-state index in [0.29, 0.717) is 38.9 Å². The van der Waals surface area contributed by atoms with E-state index in [1.165, 1.54) is 0 Å². The zero-order chi connectivity index (χ0) is 22.1. The summed E-state index contributed by atoms with van der Waals surface area (Å²) in [6.45, 7) is 0.152. The fourth-order valence-electron chi connectivity index (χ4n) is 3.27. The number of halogens is 1. The van der Waals surface area contributed by atoms with E-state index < -0.39 is 5.97 Å². The fourth-order valence-corrected chi connectivity index (χ4v) is 3.49. The van der Waals surface area contributed by atoms with Gasteiger partial charge in [0.15, 0.2) is 17.2 Å². The van der Waals surface area contributed by atoms with Crippen molar-refractivity contribution in [2.24, 2.45) is 4.99 Å². The molecule has 32 heavy (non-hydrogen) atoms. The number of carbonyl (C=O) groups excluding carboxylic acids is 2. The van der Waals surface area contributed by atoms with E-state index in [4.69, 9.17) is 25.8 Å². The van der Waals surface area contributed by atoms with E-state index >= 15 is 0 Å². The second-order valence-electron chi connectivity index (χ2n) is 6.96. The van der Waals surface area contributed by atoms with Crippen molar-refractivity contribution in [3.63, 3.8) is 0 Å². The zero-order valence-corrected chi connectivity index (χ0v) is 17.3. The molecule has 1 N–H and O–H groups in total. The Morgan fingerprint density at radius 3 is 2.72 bits per heavy atom.